The Morgan fingerprint density at radius 1 is 1.19 bits per heavy atom. The van der Waals surface area contributed by atoms with Crippen molar-refractivity contribution in [2.24, 2.45) is 7.05 Å². The number of rotatable bonds is 5. The van der Waals surface area contributed by atoms with E-state index in [1.807, 2.05) is 11.6 Å². The van der Waals surface area contributed by atoms with Crippen molar-refractivity contribution in [2.45, 2.75) is 26.3 Å². The third-order valence-electron chi connectivity index (χ3n) is 3.74. The number of aromatic nitrogens is 5. The van der Waals surface area contributed by atoms with E-state index in [2.05, 4.69) is 39.9 Å². The summed E-state index contributed by atoms with van der Waals surface area (Å²) in [6, 6.07) is 6.28. The highest BCUT2D eigenvalue weighted by atomic mass is 35.5. The molecule has 0 N–H and O–H groups in total. The van der Waals surface area contributed by atoms with Crippen LogP contribution >= 0.6 is 11.6 Å². The summed E-state index contributed by atoms with van der Waals surface area (Å²) >= 11 is 5.92. The van der Waals surface area contributed by atoms with Gasteiger partial charge >= 0.3 is 0 Å². The lowest BCUT2D eigenvalue weighted by molar-refractivity contribution is 0.637. The molecule has 6 heteroatoms. The van der Waals surface area contributed by atoms with Gasteiger partial charge < -0.3 is 9.13 Å². The molecule has 0 unspecified atom stereocenters. The molecule has 21 heavy (non-hydrogen) atoms. The van der Waals surface area contributed by atoms with E-state index in [9.17, 15) is 0 Å². The Hall–Kier alpha value is -1.88. The van der Waals surface area contributed by atoms with Gasteiger partial charge in [-0.3, -0.25) is 0 Å². The number of para-hydroxylation sites is 1. The molecule has 0 saturated carbocycles. The standard InChI is InChI=1S/C15H18ClN5/c1-11-4-3-5-12-15(11)18-13(6-8-16)21(12)9-7-14-19-17-10-20(14)2/h3-5,10H,6-9H2,1-2H3. The van der Waals surface area contributed by atoms with Crippen molar-refractivity contribution in [1.29, 1.82) is 0 Å². The first-order valence-corrected chi connectivity index (χ1v) is 7.57. The Morgan fingerprint density at radius 2 is 2.05 bits per heavy atom. The Morgan fingerprint density at radius 3 is 2.76 bits per heavy atom. The van der Waals surface area contributed by atoms with E-state index < -0.39 is 0 Å². The van der Waals surface area contributed by atoms with E-state index in [0.717, 1.165) is 42.1 Å². The van der Waals surface area contributed by atoms with Gasteiger partial charge in [0, 0.05) is 32.3 Å². The van der Waals surface area contributed by atoms with E-state index >= 15 is 0 Å². The topological polar surface area (TPSA) is 48.5 Å². The molecule has 0 spiro atoms. The molecule has 2 heterocycles. The third kappa shape index (κ3) is 2.65. The molecule has 0 amide bonds. The fourth-order valence-electron chi connectivity index (χ4n) is 2.61. The summed E-state index contributed by atoms with van der Waals surface area (Å²) < 4.78 is 4.20. The number of hydrogen-bond donors (Lipinski definition) is 0. The minimum absolute atomic E-state index is 0.576. The minimum Gasteiger partial charge on any atom is -0.327 e. The highest BCUT2D eigenvalue weighted by Crippen LogP contribution is 2.20. The summed E-state index contributed by atoms with van der Waals surface area (Å²) in [5.41, 5.74) is 3.42. The average molecular weight is 304 g/mol. The molecule has 110 valence electrons. The van der Waals surface area contributed by atoms with Crippen molar-refractivity contribution in [3.05, 3.63) is 41.7 Å². The Labute approximate surface area is 128 Å². The van der Waals surface area contributed by atoms with Crippen LogP contribution < -0.4 is 0 Å². The zero-order valence-corrected chi connectivity index (χ0v) is 13.0. The molecule has 0 aliphatic rings. The van der Waals surface area contributed by atoms with Gasteiger partial charge in [-0.05, 0) is 18.6 Å². The molecule has 3 rings (SSSR count). The first-order chi connectivity index (χ1) is 10.2. The number of benzene rings is 1. The fraction of sp³-hybridized carbons (Fsp3) is 0.400. The zero-order valence-electron chi connectivity index (χ0n) is 12.3. The molecule has 0 bridgehead atoms. The van der Waals surface area contributed by atoms with Crippen molar-refractivity contribution in [3.8, 4) is 0 Å². The predicted molar refractivity (Wildman–Crippen MR) is 83.6 cm³/mol. The second-order valence-electron chi connectivity index (χ2n) is 5.17. The van der Waals surface area contributed by atoms with Crippen molar-refractivity contribution < 1.29 is 0 Å². The van der Waals surface area contributed by atoms with Gasteiger partial charge in [-0.1, -0.05) is 12.1 Å². The molecule has 0 aliphatic carbocycles. The van der Waals surface area contributed by atoms with Crippen molar-refractivity contribution in [1.82, 2.24) is 24.3 Å². The van der Waals surface area contributed by atoms with Crippen LogP contribution in [-0.2, 0) is 26.4 Å². The maximum absolute atomic E-state index is 5.92. The van der Waals surface area contributed by atoms with Crippen LogP contribution in [0.25, 0.3) is 11.0 Å². The number of aryl methyl sites for hydroxylation is 5. The number of imidazole rings is 1. The van der Waals surface area contributed by atoms with Crippen LogP contribution in [0.4, 0.5) is 0 Å². The Balaban J connectivity index is 1.97. The van der Waals surface area contributed by atoms with Crippen molar-refractivity contribution in [2.75, 3.05) is 5.88 Å². The first-order valence-electron chi connectivity index (χ1n) is 7.04. The van der Waals surface area contributed by atoms with Crippen LogP contribution in [0, 0.1) is 6.92 Å². The van der Waals surface area contributed by atoms with Gasteiger partial charge in [0.1, 0.15) is 18.0 Å². The lowest BCUT2D eigenvalue weighted by atomic mass is 10.2. The summed E-state index contributed by atoms with van der Waals surface area (Å²) in [4.78, 5) is 4.76. The van der Waals surface area contributed by atoms with E-state index in [-0.39, 0.29) is 0 Å². The number of alkyl halides is 1. The smallest absolute Gasteiger partial charge is 0.134 e. The molecule has 0 atom stereocenters. The van der Waals surface area contributed by atoms with E-state index in [1.54, 1.807) is 6.33 Å². The molecular formula is C15H18ClN5. The summed E-state index contributed by atoms with van der Waals surface area (Å²) in [5, 5.41) is 8.07. The number of halogens is 1. The predicted octanol–water partition coefficient (Wildman–Crippen LogP) is 2.50. The molecule has 3 aromatic rings. The number of fused-ring (bicyclic) bond motifs is 1. The molecule has 0 saturated heterocycles. The van der Waals surface area contributed by atoms with E-state index in [4.69, 9.17) is 16.6 Å². The maximum atomic E-state index is 5.92. The second kappa shape index (κ2) is 5.85. The van der Waals surface area contributed by atoms with E-state index in [1.165, 1.54) is 5.56 Å². The van der Waals surface area contributed by atoms with Gasteiger partial charge in [-0.15, -0.1) is 21.8 Å². The minimum atomic E-state index is 0.576. The van der Waals surface area contributed by atoms with Crippen LogP contribution in [0.1, 0.15) is 17.2 Å². The average Bonchev–Trinajstić information content (AvgIpc) is 3.02. The van der Waals surface area contributed by atoms with Gasteiger partial charge in [0.15, 0.2) is 0 Å². The SMILES string of the molecule is Cc1cccc2c1nc(CCCl)n2CCc1nncn1C. The van der Waals surface area contributed by atoms with Gasteiger partial charge in [0.2, 0.25) is 0 Å². The van der Waals surface area contributed by atoms with Crippen LogP contribution in [0.2, 0.25) is 0 Å². The van der Waals surface area contributed by atoms with Gasteiger partial charge in [0.05, 0.1) is 11.0 Å². The molecular weight excluding hydrogens is 286 g/mol. The highest BCUT2D eigenvalue weighted by Gasteiger charge is 2.12. The fourth-order valence-corrected chi connectivity index (χ4v) is 2.77. The molecule has 1 aromatic carbocycles. The van der Waals surface area contributed by atoms with Gasteiger partial charge in [0.25, 0.3) is 0 Å². The molecule has 0 radical (unpaired) electrons. The molecule has 2 aromatic heterocycles. The molecule has 0 aliphatic heterocycles. The second-order valence-corrected chi connectivity index (χ2v) is 5.55. The maximum Gasteiger partial charge on any atom is 0.134 e. The monoisotopic (exact) mass is 303 g/mol. The Bertz CT molecular complexity index is 759. The molecule has 0 fully saturated rings. The lowest BCUT2D eigenvalue weighted by Gasteiger charge is -2.08. The van der Waals surface area contributed by atoms with Crippen LogP contribution in [0.3, 0.4) is 0 Å². The highest BCUT2D eigenvalue weighted by molar-refractivity contribution is 6.17. The summed E-state index contributed by atoms with van der Waals surface area (Å²) in [6.07, 6.45) is 3.32. The normalized spacial score (nSPS) is 11.4. The summed E-state index contributed by atoms with van der Waals surface area (Å²) in [5.74, 6) is 2.59. The van der Waals surface area contributed by atoms with Crippen LogP contribution in [0.15, 0.2) is 24.5 Å². The largest absolute Gasteiger partial charge is 0.327 e. The first kappa shape index (κ1) is 14.1. The number of hydrogen-bond acceptors (Lipinski definition) is 3. The quantitative estimate of drug-likeness (QED) is 0.680. The molecule has 5 nitrogen and oxygen atoms in total. The van der Waals surface area contributed by atoms with Crippen molar-refractivity contribution in [3.63, 3.8) is 0 Å². The summed E-state index contributed by atoms with van der Waals surface area (Å²) in [6.45, 7) is 2.92. The summed E-state index contributed by atoms with van der Waals surface area (Å²) in [7, 11) is 1.96. The third-order valence-corrected chi connectivity index (χ3v) is 3.93. The van der Waals surface area contributed by atoms with Gasteiger partial charge in [-0.2, -0.15) is 0 Å². The van der Waals surface area contributed by atoms with Crippen molar-refractivity contribution >= 4 is 22.6 Å². The lowest BCUT2D eigenvalue weighted by Crippen LogP contribution is -2.09. The zero-order chi connectivity index (χ0) is 14.8. The van der Waals surface area contributed by atoms with E-state index in [0.29, 0.717) is 5.88 Å². The number of nitrogens with zero attached hydrogens (tertiary/aromatic N) is 5. The van der Waals surface area contributed by atoms with Crippen LogP contribution in [0.5, 0.6) is 0 Å². The van der Waals surface area contributed by atoms with Crippen LogP contribution in [-0.4, -0.2) is 30.2 Å². The van der Waals surface area contributed by atoms with Gasteiger partial charge in [-0.25, -0.2) is 4.98 Å². The Kier molecular flexibility index (Phi) is 3.92.